The van der Waals surface area contributed by atoms with E-state index in [4.69, 9.17) is 20.8 Å². The molecule has 4 nitrogen and oxygen atoms in total. The van der Waals surface area contributed by atoms with Gasteiger partial charge in [0.2, 0.25) is 0 Å². The highest BCUT2D eigenvalue weighted by Gasteiger charge is 2.19. The zero-order valence-corrected chi connectivity index (χ0v) is 12.8. The highest BCUT2D eigenvalue weighted by Crippen LogP contribution is 2.26. The van der Waals surface area contributed by atoms with Crippen molar-refractivity contribution in [2.45, 2.75) is 13.5 Å². The maximum absolute atomic E-state index is 13.6. The zero-order valence-electron chi connectivity index (χ0n) is 12.0. The average Bonchev–Trinajstić information content (AvgIpc) is 2.99. The number of fused-ring (bicyclic) bond motifs is 1. The minimum atomic E-state index is -0.495. The fraction of sp³-hybridized carbons (Fsp3) is 0.188. The average molecular weight is 322 g/mol. The summed E-state index contributed by atoms with van der Waals surface area (Å²) in [6.07, 6.45) is 0. The lowest BCUT2D eigenvalue weighted by atomic mass is 10.2. The molecule has 0 aliphatic rings. The quantitative estimate of drug-likeness (QED) is 0.680. The summed E-state index contributed by atoms with van der Waals surface area (Å²) in [5, 5.41) is 0.0637. The van der Waals surface area contributed by atoms with Crippen molar-refractivity contribution in [2.75, 3.05) is 7.11 Å². The molecule has 0 aliphatic heterocycles. The summed E-state index contributed by atoms with van der Waals surface area (Å²) in [6, 6.07) is 8.01. The van der Waals surface area contributed by atoms with Gasteiger partial charge >= 0.3 is 5.97 Å². The second kappa shape index (κ2) is 5.50. The molecule has 0 saturated heterocycles. The Morgan fingerprint density at radius 3 is 2.82 bits per heavy atom. The molecule has 0 unspecified atom stereocenters. The summed E-state index contributed by atoms with van der Waals surface area (Å²) in [4.78, 5) is 11.9. The molecule has 3 rings (SSSR count). The maximum Gasteiger partial charge on any atom is 0.354 e. The maximum atomic E-state index is 13.6. The molecule has 0 atom stereocenters. The summed E-state index contributed by atoms with van der Waals surface area (Å²) in [6.45, 7) is 2.13. The van der Waals surface area contributed by atoms with Crippen molar-refractivity contribution in [1.82, 2.24) is 4.57 Å². The molecule has 6 heteroatoms. The van der Waals surface area contributed by atoms with Crippen molar-refractivity contribution in [3.8, 4) is 0 Å². The Labute approximate surface area is 131 Å². The fourth-order valence-corrected chi connectivity index (χ4v) is 2.55. The number of hydrogen-bond donors (Lipinski definition) is 0. The van der Waals surface area contributed by atoms with Gasteiger partial charge in [0.05, 0.1) is 17.6 Å². The lowest BCUT2D eigenvalue weighted by Crippen LogP contribution is -2.11. The summed E-state index contributed by atoms with van der Waals surface area (Å²) in [5.74, 6) is -0.235. The van der Waals surface area contributed by atoms with E-state index < -0.39 is 11.8 Å². The van der Waals surface area contributed by atoms with E-state index in [1.54, 1.807) is 16.7 Å². The number of carbonyl (C=O) groups is 1. The SMILES string of the molecule is COC(=O)c1cc2oc(C)cc2n1Cc1ccc(Cl)c(F)c1. The van der Waals surface area contributed by atoms with Crippen molar-refractivity contribution in [2.24, 2.45) is 0 Å². The largest absolute Gasteiger partial charge is 0.464 e. The van der Waals surface area contributed by atoms with Crippen molar-refractivity contribution in [1.29, 1.82) is 0 Å². The number of halogens is 2. The van der Waals surface area contributed by atoms with Crippen LogP contribution < -0.4 is 0 Å². The second-order valence-corrected chi connectivity index (χ2v) is 5.37. The van der Waals surface area contributed by atoms with Crippen LogP contribution in [-0.4, -0.2) is 17.6 Å². The molecular weight excluding hydrogens is 309 g/mol. The number of esters is 1. The van der Waals surface area contributed by atoms with Gasteiger partial charge < -0.3 is 13.7 Å². The predicted molar refractivity (Wildman–Crippen MR) is 80.8 cm³/mol. The van der Waals surface area contributed by atoms with Gasteiger partial charge in [0, 0.05) is 18.7 Å². The summed E-state index contributed by atoms with van der Waals surface area (Å²) in [7, 11) is 1.31. The van der Waals surface area contributed by atoms with Gasteiger partial charge in [0.15, 0.2) is 5.58 Å². The van der Waals surface area contributed by atoms with Gasteiger partial charge in [0.25, 0.3) is 0 Å². The molecule has 2 aromatic heterocycles. The van der Waals surface area contributed by atoms with E-state index >= 15 is 0 Å². The molecule has 0 bridgehead atoms. The Hall–Kier alpha value is -2.27. The van der Waals surface area contributed by atoms with Crippen LogP contribution in [0.3, 0.4) is 0 Å². The van der Waals surface area contributed by atoms with Gasteiger partial charge in [-0.3, -0.25) is 0 Å². The molecule has 1 aromatic carbocycles. The number of rotatable bonds is 3. The van der Waals surface area contributed by atoms with Crippen LogP contribution in [-0.2, 0) is 11.3 Å². The third-order valence-corrected chi connectivity index (χ3v) is 3.74. The van der Waals surface area contributed by atoms with Crippen LogP contribution >= 0.6 is 11.6 Å². The molecular formula is C16H13ClFNO3. The monoisotopic (exact) mass is 321 g/mol. The van der Waals surface area contributed by atoms with Crippen LogP contribution in [0.5, 0.6) is 0 Å². The highest BCUT2D eigenvalue weighted by molar-refractivity contribution is 6.30. The number of hydrogen-bond acceptors (Lipinski definition) is 3. The van der Waals surface area contributed by atoms with E-state index in [1.165, 1.54) is 19.2 Å². The molecule has 0 fully saturated rings. The van der Waals surface area contributed by atoms with Crippen molar-refractivity contribution >= 4 is 28.7 Å². The Bertz CT molecular complexity index is 866. The van der Waals surface area contributed by atoms with Crippen LogP contribution in [0.1, 0.15) is 21.8 Å². The number of nitrogens with zero attached hydrogens (tertiary/aromatic N) is 1. The summed E-state index contributed by atoms with van der Waals surface area (Å²) >= 11 is 5.69. The molecule has 0 aliphatic carbocycles. The highest BCUT2D eigenvalue weighted by atomic mass is 35.5. The molecule has 2 heterocycles. The van der Waals surface area contributed by atoms with E-state index in [1.807, 2.05) is 13.0 Å². The molecule has 0 radical (unpaired) electrons. The first-order valence-electron chi connectivity index (χ1n) is 6.61. The van der Waals surface area contributed by atoms with Gasteiger partial charge in [0.1, 0.15) is 17.3 Å². The van der Waals surface area contributed by atoms with E-state index in [0.29, 0.717) is 23.4 Å². The molecule has 0 N–H and O–H groups in total. The van der Waals surface area contributed by atoms with Crippen LogP contribution in [0.15, 0.2) is 34.7 Å². The molecule has 3 aromatic rings. The first kappa shape index (κ1) is 14.7. The number of ether oxygens (including phenoxy) is 1. The lowest BCUT2D eigenvalue weighted by Gasteiger charge is -2.09. The van der Waals surface area contributed by atoms with E-state index in [0.717, 1.165) is 11.3 Å². The van der Waals surface area contributed by atoms with E-state index in [-0.39, 0.29) is 5.02 Å². The first-order valence-corrected chi connectivity index (χ1v) is 6.99. The lowest BCUT2D eigenvalue weighted by molar-refractivity contribution is 0.0589. The standard InChI is InChI=1S/C16H13ClFNO3/c1-9-5-13-15(22-9)7-14(16(20)21-2)19(13)8-10-3-4-11(17)12(18)6-10/h3-7H,8H2,1-2H3. The Balaban J connectivity index is 2.10. The first-order chi connectivity index (χ1) is 10.5. The summed E-state index contributed by atoms with van der Waals surface area (Å²) in [5.41, 5.74) is 2.38. The second-order valence-electron chi connectivity index (χ2n) is 4.96. The molecule has 114 valence electrons. The van der Waals surface area contributed by atoms with Crippen LogP contribution in [0.4, 0.5) is 4.39 Å². The van der Waals surface area contributed by atoms with Gasteiger partial charge in [-0.15, -0.1) is 0 Å². The minimum Gasteiger partial charge on any atom is -0.464 e. The van der Waals surface area contributed by atoms with Gasteiger partial charge in [-0.25, -0.2) is 9.18 Å². The molecule has 22 heavy (non-hydrogen) atoms. The smallest absolute Gasteiger partial charge is 0.354 e. The van der Waals surface area contributed by atoms with E-state index in [2.05, 4.69) is 0 Å². The molecule has 0 saturated carbocycles. The van der Waals surface area contributed by atoms with Crippen LogP contribution in [0, 0.1) is 12.7 Å². The Kier molecular flexibility index (Phi) is 3.66. The number of carbonyl (C=O) groups excluding carboxylic acids is 1. The number of aryl methyl sites for hydroxylation is 1. The summed E-state index contributed by atoms with van der Waals surface area (Å²) < 4.78 is 25.7. The topological polar surface area (TPSA) is 44.4 Å². The molecule has 0 spiro atoms. The number of methoxy groups -OCH3 is 1. The fourth-order valence-electron chi connectivity index (χ4n) is 2.43. The normalized spacial score (nSPS) is 11.1. The number of furan rings is 1. The Morgan fingerprint density at radius 2 is 2.14 bits per heavy atom. The van der Waals surface area contributed by atoms with Crippen LogP contribution in [0.25, 0.3) is 11.1 Å². The van der Waals surface area contributed by atoms with Gasteiger partial charge in [-0.2, -0.15) is 0 Å². The third kappa shape index (κ3) is 2.48. The van der Waals surface area contributed by atoms with Crippen LogP contribution in [0.2, 0.25) is 5.02 Å². The van der Waals surface area contributed by atoms with E-state index in [9.17, 15) is 9.18 Å². The number of benzene rings is 1. The predicted octanol–water partition coefficient (Wildman–Crippen LogP) is 4.17. The number of aromatic nitrogens is 1. The van der Waals surface area contributed by atoms with Gasteiger partial charge in [-0.1, -0.05) is 17.7 Å². The van der Waals surface area contributed by atoms with Crippen molar-refractivity contribution in [3.63, 3.8) is 0 Å². The van der Waals surface area contributed by atoms with Crippen molar-refractivity contribution in [3.05, 3.63) is 58.2 Å². The minimum absolute atomic E-state index is 0.0637. The third-order valence-electron chi connectivity index (χ3n) is 3.43. The van der Waals surface area contributed by atoms with Gasteiger partial charge in [-0.05, 0) is 24.6 Å². The van der Waals surface area contributed by atoms with Crippen molar-refractivity contribution < 1.29 is 18.3 Å². The zero-order chi connectivity index (χ0) is 15.9. The molecule has 0 amide bonds. The Morgan fingerprint density at radius 1 is 1.36 bits per heavy atom.